The molecule has 0 aliphatic rings. The Balaban J connectivity index is 1.76. The van der Waals surface area contributed by atoms with Gasteiger partial charge in [-0.1, -0.05) is 30.3 Å². The fourth-order valence-electron chi connectivity index (χ4n) is 2.27. The van der Waals surface area contributed by atoms with E-state index in [4.69, 9.17) is 0 Å². The van der Waals surface area contributed by atoms with Crippen molar-refractivity contribution in [3.63, 3.8) is 0 Å². The number of amides is 2. The Hall–Kier alpha value is -2.25. The van der Waals surface area contributed by atoms with Crippen LogP contribution in [0, 0.1) is 5.82 Å². The summed E-state index contributed by atoms with van der Waals surface area (Å²) in [6.07, 6.45) is 0. The number of nitrogens with one attached hydrogen (secondary N) is 3. The van der Waals surface area contributed by atoms with Crippen LogP contribution in [0.3, 0.4) is 0 Å². The molecule has 5 nitrogen and oxygen atoms in total. The van der Waals surface area contributed by atoms with Crippen molar-refractivity contribution in [1.29, 1.82) is 0 Å². The minimum absolute atomic E-state index is 0.123. The minimum atomic E-state index is -0.351. The van der Waals surface area contributed by atoms with Crippen molar-refractivity contribution >= 4 is 33.4 Å². The molecule has 0 saturated heterocycles. The second-order valence-electron chi connectivity index (χ2n) is 5.71. The topological polar surface area (TPSA) is 62.6 Å². The van der Waals surface area contributed by atoms with Gasteiger partial charge < -0.3 is 15.5 Å². The van der Waals surface area contributed by atoms with Gasteiger partial charge in [0, 0.05) is 16.6 Å². The average Bonchev–Trinajstić information content (AvgIpc) is 2.56. The third kappa shape index (κ3) is 6.28. The lowest BCUT2D eigenvalue weighted by molar-refractivity contribution is -0.862. The maximum Gasteiger partial charge on any atom is 0.279 e. The third-order valence-corrected chi connectivity index (χ3v) is 4.20. The van der Waals surface area contributed by atoms with Crippen LogP contribution in [0.25, 0.3) is 0 Å². The summed E-state index contributed by atoms with van der Waals surface area (Å²) in [5, 5.41) is 5.46. The van der Waals surface area contributed by atoms with E-state index in [1.807, 2.05) is 18.2 Å². The number of likely N-dealkylation sites (N-methyl/N-ethyl adjacent to an activating group) is 1. The molecule has 0 aliphatic heterocycles. The highest BCUT2D eigenvalue weighted by Gasteiger charge is 2.15. The Kier molecular flexibility index (Phi) is 7.09. The lowest BCUT2D eigenvalue weighted by atomic mass is 10.2. The first-order valence-corrected chi connectivity index (χ1v) is 8.61. The molecule has 0 radical (unpaired) electrons. The molecule has 2 amide bonds. The van der Waals surface area contributed by atoms with Crippen LogP contribution < -0.4 is 15.5 Å². The zero-order valence-corrected chi connectivity index (χ0v) is 15.4. The van der Waals surface area contributed by atoms with Crippen molar-refractivity contribution in [1.82, 2.24) is 5.32 Å². The molecular formula is C18H20BrFN3O2+. The Labute approximate surface area is 154 Å². The van der Waals surface area contributed by atoms with Crippen molar-refractivity contribution < 1.29 is 18.9 Å². The van der Waals surface area contributed by atoms with Crippen molar-refractivity contribution in [2.24, 2.45) is 0 Å². The van der Waals surface area contributed by atoms with E-state index in [9.17, 15) is 14.0 Å². The van der Waals surface area contributed by atoms with Gasteiger partial charge in [-0.05, 0) is 34.1 Å². The molecule has 132 valence electrons. The van der Waals surface area contributed by atoms with Crippen LogP contribution in [0.1, 0.15) is 5.56 Å². The average molecular weight is 409 g/mol. The zero-order chi connectivity index (χ0) is 18.2. The summed E-state index contributed by atoms with van der Waals surface area (Å²) in [5.74, 6) is -0.780. The number of para-hydroxylation sites is 1. The second kappa shape index (κ2) is 9.29. The first-order valence-electron chi connectivity index (χ1n) is 7.81. The maximum absolute atomic E-state index is 13.5. The van der Waals surface area contributed by atoms with Crippen molar-refractivity contribution in [3.05, 3.63) is 64.4 Å². The molecule has 25 heavy (non-hydrogen) atoms. The van der Waals surface area contributed by atoms with Gasteiger partial charge in [0.2, 0.25) is 0 Å². The third-order valence-electron chi connectivity index (χ3n) is 3.51. The highest BCUT2D eigenvalue weighted by atomic mass is 79.9. The first kappa shape index (κ1) is 19.1. The smallest absolute Gasteiger partial charge is 0.279 e. The maximum atomic E-state index is 13.5. The number of carbonyl (C=O) groups excluding carboxylic acids is 2. The summed E-state index contributed by atoms with van der Waals surface area (Å²) < 4.78 is 14.3. The Morgan fingerprint density at radius 1 is 1.04 bits per heavy atom. The van der Waals surface area contributed by atoms with Gasteiger partial charge in [-0.15, -0.1) is 0 Å². The summed E-state index contributed by atoms with van der Waals surface area (Å²) in [4.78, 5) is 24.7. The lowest BCUT2D eigenvalue weighted by Gasteiger charge is -2.14. The highest BCUT2D eigenvalue weighted by Crippen LogP contribution is 2.20. The summed E-state index contributed by atoms with van der Waals surface area (Å²) >= 11 is 3.36. The van der Waals surface area contributed by atoms with Crippen LogP contribution in [0.15, 0.2) is 53.0 Å². The molecule has 7 heteroatoms. The van der Waals surface area contributed by atoms with E-state index < -0.39 is 0 Å². The largest absolute Gasteiger partial charge is 0.347 e. The molecule has 1 atom stereocenters. The van der Waals surface area contributed by atoms with Gasteiger partial charge in [-0.3, -0.25) is 9.59 Å². The predicted octanol–water partition coefficient (Wildman–Crippen LogP) is 1.36. The number of hydrogen-bond donors (Lipinski definition) is 3. The number of rotatable bonds is 7. The van der Waals surface area contributed by atoms with E-state index >= 15 is 0 Å². The van der Waals surface area contributed by atoms with E-state index in [0.717, 1.165) is 9.37 Å². The molecule has 0 heterocycles. The molecule has 0 aromatic heterocycles. The van der Waals surface area contributed by atoms with Crippen molar-refractivity contribution in [2.45, 2.75) is 6.54 Å². The van der Waals surface area contributed by atoms with Crippen LogP contribution in [0.4, 0.5) is 10.1 Å². The van der Waals surface area contributed by atoms with E-state index in [2.05, 4.69) is 26.6 Å². The highest BCUT2D eigenvalue weighted by molar-refractivity contribution is 9.10. The number of anilines is 1. The number of quaternary nitrogens is 1. The van der Waals surface area contributed by atoms with Crippen LogP contribution in [-0.4, -0.2) is 32.0 Å². The molecule has 2 aromatic carbocycles. The van der Waals surface area contributed by atoms with Gasteiger partial charge in [0.15, 0.2) is 13.1 Å². The van der Waals surface area contributed by atoms with Gasteiger partial charge in [0.05, 0.1) is 12.7 Å². The summed E-state index contributed by atoms with van der Waals surface area (Å²) in [5.41, 5.74) is 1.12. The first-order chi connectivity index (χ1) is 12.0. The van der Waals surface area contributed by atoms with Crippen LogP contribution in [-0.2, 0) is 16.1 Å². The normalized spacial score (nSPS) is 11.6. The van der Waals surface area contributed by atoms with Crippen LogP contribution in [0.5, 0.6) is 0 Å². The van der Waals surface area contributed by atoms with E-state index in [-0.39, 0.29) is 37.3 Å². The van der Waals surface area contributed by atoms with Gasteiger partial charge >= 0.3 is 0 Å². The molecule has 0 fully saturated rings. The van der Waals surface area contributed by atoms with E-state index in [1.165, 1.54) is 6.07 Å². The van der Waals surface area contributed by atoms with Gasteiger partial charge in [0.1, 0.15) is 5.82 Å². The van der Waals surface area contributed by atoms with Gasteiger partial charge in [0.25, 0.3) is 11.8 Å². The number of benzene rings is 2. The molecule has 3 N–H and O–H groups in total. The Morgan fingerprint density at radius 2 is 1.68 bits per heavy atom. The van der Waals surface area contributed by atoms with Crippen LogP contribution in [0.2, 0.25) is 0 Å². The molecule has 0 bridgehead atoms. The second-order valence-corrected chi connectivity index (χ2v) is 6.56. The van der Waals surface area contributed by atoms with Gasteiger partial charge in [-0.2, -0.15) is 0 Å². The zero-order valence-electron chi connectivity index (χ0n) is 13.8. The number of hydrogen-bond acceptors (Lipinski definition) is 2. The molecular weight excluding hydrogens is 389 g/mol. The van der Waals surface area contributed by atoms with E-state index in [0.29, 0.717) is 11.3 Å². The molecule has 0 spiro atoms. The van der Waals surface area contributed by atoms with Gasteiger partial charge in [-0.25, -0.2) is 4.39 Å². The lowest BCUT2D eigenvalue weighted by Crippen LogP contribution is -3.11. The SMILES string of the molecule is C[NH+](CC(=O)NCc1ccccc1F)CC(=O)Nc1ccccc1Br. The Morgan fingerprint density at radius 3 is 2.40 bits per heavy atom. The molecule has 2 aromatic rings. The summed E-state index contributed by atoms with van der Waals surface area (Å²) in [7, 11) is 1.75. The predicted molar refractivity (Wildman–Crippen MR) is 97.6 cm³/mol. The monoisotopic (exact) mass is 408 g/mol. The quantitative estimate of drug-likeness (QED) is 0.647. The van der Waals surface area contributed by atoms with E-state index in [1.54, 1.807) is 31.3 Å². The Bertz CT molecular complexity index is 755. The molecule has 2 rings (SSSR count). The van der Waals surface area contributed by atoms with Crippen molar-refractivity contribution in [2.75, 3.05) is 25.5 Å². The molecule has 0 aliphatic carbocycles. The fourth-order valence-corrected chi connectivity index (χ4v) is 2.65. The summed E-state index contributed by atoms with van der Waals surface area (Å²) in [6.45, 7) is 0.397. The molecule has 1 unspecified atom stereocenters. The molecule has 0 saturated carbocycles. The fraction of sp³-hybridized carbons (Fsp3) is 0.222. The summed E-state index contributed by atoms with van der Waals surface area (Å²) in [6, 6.07) is 13.6. The minimum Gasteiger partial charge on any atom is -0.347 e. The number of halogens is 2. The standard InChI is InChI=1S/C18H19BrFN3O2/c1-23(12-18(25)22-16-9-5-3-7-14(16)19)11-17(24)21-10-13-6-2-4-8-15(13)20/h2-9H,10-12H2,1H3,(H,21,24)(H,22,25)/p+1. The van der Waals surface area contributed by atoms with Crippen molar-refractivity contribution in [3.8, 4) is 0 Å². The van der Waals surface area contributed by atoms with Crippen LogP contribution >= 0.6 is 15.9 Å². The number of carbonyl (C=O) groups is 2.